The summed E-state index contributed by atoms with van der Waals surface area (Å²) in [5.74, 6) is 0.579. The van der Waals surface area contributed by atoms with Crippen LogP contribution in [0.25, 0.3) is 11.1 Å². The van der Waals surface area contributed by atoms with Gasteiger partial charge in [-0.05, 0) is 79.0 Å². The lowest BCUT2D eigenvalue weighted by atomic mass is 9.89. The van der Waals surface area contributed by atoms with Gasteiger partial charge in [-0.15, -0.1) is 4.72 Å². The minimum Gasteiger partial charge on any atom is -0.616 e. The maximum Gasteiger partial charge on any atom is 0.250 e. The van der Waals surface area contributed by atoms with E-state index >= 15 is 0 Å². The molecule has 1 aromatic heterocycles. The van der Waals surface area contributed by atoms with Crippen molar-refractivity contribution in [3.63, 3.8) is 0 Å². The summed E-state index contributed by atoms with van der Waals surface area (Å²) in [4.78, 5) is 26.2. The van der Waals surface area contributed by atoms with E-state index in [1.807, 2.05) is 26.8 Å². The van der Waals surface area contributed by atoms with Crippen molar-refractivity contribution in [1.29, 1.82) is 0 Å². The van der Waals surface area contributed by atoms with Gasteiger partial charge in [0.1, 0.15) is 23.1 Å². The van der Waals surface area contributed by atoms with Gasteiger partial charge in [0, 0.05) is 52.9 Å². The van der Waals surface area contributed by atoms with Gasteiger partial charge in [-0.3, -0.25) is 9.59 Å². The molecule has 2 aromatic carbocycles. The summed E-state index contributed by atoms with van der Waals surface area (Å²) in [6.45, 7) is 5.71. The van der Waals surface area contributed by atoms with E-state index in [1.54, 1.807) is 25.4 Å². The fraction of sp³-hybridized carbons (Fsp3) is 0.357. The predicted octanol–water partition coefficient (Wildman–Crippen LogP) is 4.81. The molecule has 0 amide bonds. The molecule has 0 aliphatic heterocycles. The summed E-state index contributed by atoms with van der Waals surface area (Å²) in [6, 6.07) is 11.7. The van der Waals surface area contributed by atoms with E-state index < -0.39 is 34.4 Å². The quantitative estimate of drug-likeness (QED) is 0.261. The average Bonchev–Trinajstić information content (AvgIpc) is 2.88. The van der Waals surface area contributed by atoms with Crippen LogP contribution in [0.2, 0.25) is 0 Å². The van der Waals surface area contributed by atoms with E-state index in [1.165, 1.54) is 34.9 Å². The molecule has 0 bridgehead atoms. The number of hydrogen-bond donors (Lipinski definition) is 1. The van der Waals surface area contributed by atoms with E-state index in [0.717, 1.165) is 18.4 Å². The van der Waals surface area contributed by atoms with Gasteiger partial charge in [0.05, 0.1) is 6.04 Å². The minimum atomic E-state index is -1.29. The van der Waals surface area contributed by atoms with Crippen molar-refractivity contribution >= 4 is 28.3 Å². The molecule has 9 heteroatoms. The molecular formula is C28H33FN2O4S2. The minimum absolute atomic E-state index is 0.235. The molecule has 6 nitrogen and oxygen atoms in total. The lowest BCUT2D eigenvalue weighted by molar-refractivity contribution is 0.103. The molecule has 3 rings (SSSR count). The van der Waals surface area contributed by atoms with E-state index in [-0.39, 0.29) is 11.3 Å². The molecule has 3 atom stereocenters. The predicted molar refractivity (Wildman–Crippen MR) is 149 cm³/mol. The highest BCUT2D eigenvalue weighted by atomic mass is 32.2. The zero-order valence-electron chi connectivity index (χ0n) is 21.6. The van der Waals surface area contributed by atoms with Crippen LogP contribution in [0, 0.1) is 5.82 Å². The number of nitrogens with one attached hydrogen (secondary N) is 1. The number of benzene rings is 2. The highest BCUT2D eigenvalue weighted by Gasteiger charge is 2.23. The monoisotopic (exact) mass is 544 g/mol. The summed E-state index contributed by atoms with van der Waals surface area (Å²) in [6.07, 6.45) is 3.39. The van der Waals surface area contributed by atoms with E-state index in [9.17, 15) is 23.1 Å². The number of nitrogens with zero attached hydrogens (tertiary/aromatic N) is 1. The Bertz CT molecular complexity index is 1280. The van der Waals surface area contributed by atoms with Gasteiger partial charge in [-0.1, -0.05) is 19.4 Å². The van der Waals surface area contributed by atoms with Gasteiger partial charge >= 0.3 is 0 Å². The lowest BCUT2D eigenvalue weighted by Gasteiger charge is -2.22. The van der Waals surface area contributed by atoms with E-state index in [2.05, 4.69) is 4.72 Å². The SMILES string of the molecule is CCCC[S@+]([O-])N[C@@H](C)c1cc(=O)n(C)cc1-c1cc(C[S+]([O-])CC)ccc1C(=O)c1ccc(F)cc1. The van der Waals surface area contributed by atoms with Gasteiger partial charge in [0.2, 0.25) is 0 Å². The Morgan fingerprint density at radius 3 is 2.43 bits per heavy atom. The molecule has 1 N–H and O–H groups in total. The van der Waals surface area contributed by atoms with Crippen LogP contribution in [0.5, 0.6) is 0 Å². The van der Waals surface area contributed by atoms with Gasteiger partial charge in [-0.25, -0.2) is 4.39 Å². The second kappa shape index (κ2) is 13.4. The molecule has 0 aliphatic rings. The number of unbranched alkanes of at least 4 members (excludes halogenated alkanes) is 1. The summed E-state index contributed by atoms with van der Waals surface area (Å²) in [7, 11) is 1.63. The molecular weight excluding hydrogens is 511 g/mol. The van der Waals surface area contributed by atoms with Crippen LogP contribution in [-0.4, -0.2) is 31.0 Å². The summed E-state index contributed by atoms with van der Waals surface area (Å²) >= 11 is -2.35. The molecule has 3 aromatic rings. The normalized spacial score (nSPS) is 13.8. The van der Waals surface area contributed by atoms with Gasteiger partial charge in [0.25, 0.3) is 5.56 Å². The Morgan fingerprint density at radius 1 is 1.08 bits per heavy atom. The zero-order valence-corrected chi connectivity index (χ0v) is 23.2. The second-order valence-corrected chi connectivity index (χ2v) is 12.0. The fourth-order valence-corrected chi connectivity index (χ4v) is 5.91. The van der Waals surface area contributed by atoms with Crippen LogP contribution < -0.4 is 10.3 Å². The molecule has 0 spiro atoms. The number of rotatable bonds is 12. The molecule has 0 radical (unpaired) electrons. The highest BCUT2D eigenvalue weighted by Crippen LogP contribution is 2.33. The number of carbonyl (C=O) groups excluding carboxylic acids is 1. The number of carbonyl (C=O) groups is 1. The van der Waals surface area contributed by atoms with E-state index in [4.69, 9.17) is 0 Å². The van der Waals surface area contributed by atoms with Gasteiger partial charge in [0.15, 0.2) is 5.78 Å². The number of aromatic nitrogens is 1. The number of halogens is 1. The van der Waals surface area contributed by atoms with Crippen molar-refractivity contribution in [2.75, 3.05) is 11.5 Å². The number of aryl methyl sites for hydroxylation is 1. The maximum absolute atomic E-state index is 13.6. The van der Waals surface area contributed by atoms with Crippen LogP contribution in [0.4, 0.5) is 4.39 Å². The Kier molecular flexibility index (Phi) is 10.5. The molecule has 1 heterocycles. The number of pyridine rings is 1. The smallest absolute Gasteiger partial charge is 0.250 e. The number of ketones is 1. The third kappa shape index (κ3) is 7.55. The summed E-state index contributed by atoms with van der Waals surface area (Å²) < 4.78 is 42.9. The maximum atomic E-state index is 13.6. The zero-order chi connectivity index (χ0) is 27.1. The average molecular weight is 545 g/mol. The molecule has 0 fully saturated rings. The van der Waals surface area contributed by atoms with Crippen LogP contribution >= 0.6 is 0 Å². The van der Waals surface area contributed by atoms with Crippen molar-refractivity contribution in [3.8, 4) is 11.1 Å². The first-order valence-electron chi connectivity index (χ1n) is 12.3. The molecule has 0 aliphatic carbocycles. The standard InChI is InChI=1S/C28H33FN2O4S2/c1-5-7-14-37(35)30-19(3)24-16-27(32)31(4)17-26(24)25-15-20(18-36(34)6-2)8-13-23(25)28(33)21-9-11-22(29)12-10-21/h8-13,15-17,19,30H,5-7,14,18H2,1-4H3/t19-,36?,37-/m0/s1. The van der Waals surface area contributed by atoms with Crippen molar-refractivity contribution < 1.29 is 18.3 Å². The third-order valence-corrected chi connectivity index (χ3v) is 8.67. The number of hydrogen-bond acceptors (Lipinski definition) is 5. The van der Waals surface area contributed by atoms with Gasteiger partial charge in [-0.2, -0.15) is 0 Å². The largest absolute Gasteiger partial charge is 0.616 e. The summed E-state index contributed by atoms with van der Waals surface area (Å²) in [5.41, 5.74) is 3.05. The van der Waals surface area contributed by atoms with Crippen LogP contribution in [0.3, 0.4) is 0 Å². The molecule has 198 valence electrons. The Labute approximate surface area is 223 Å². The van der Waals surface area contributed by atoms with Crippen molar-refractivity contribution in [3.05, 3.63) is 93.2 Å². The topological polar surface area (TPSA) is 97.2 Å². The second-order valence-electron chi connectivity index (χ2n) is 8.92. The summed E-state index contributed by atoms with van der Waals surface area (Å²) in [5, 5.41) is 0. The van der Waals surface area contributed by atoms with Crippen molar-refractivity contribution in [2.24, 2.45) is 7.05 Å². The molecule has 1 unspecified atom stereocenters. The third-order valence-electron chi connectivity index (χ3n) is 6.09. The first kappa shape index (κ1) is 29.1. The molecule has 0 saturated carbocycles. The van der Waals surface area contributed by atoms with E-state index in [0.29, 0.717) is 45.1 Å². The Hall–Kier alpha value is -2.43. The van der Waals surface area contributed by atoms with Crippen LogP contribution in [0.1, 0.15) is 66.7 Å². The molecule has 0 saturated heterocycles. The first-order chi connectivity index (χ1) is 17.6. The molecule has 37 heavy (non-hydrogen) atoms. The van der Waals surface area contributed by atoms with Crippen molar-refractivity contribution in [2.45, 2.75) is 45.4 Å². The van der Waals surface area contributed by atoms with Crippen LogP contribution in [0.15, 0.2) is 59.5 Å². The van der Waals surface area contributed by atoms with Gasteiger partial charge < -0.3 is 13.7 Å². The Balaban J connectivity index is 2.17. The lowest BCUT2D eigenvalue weighted by Crippen LogP contribution is -2.30. The van der Waals surface area contributed by atoms with Crippen molar-refractivity contribution in [1.82, 2.24) is 9.29 Å². The fourth-order valence-electron chi connectivity index (χ4n) is 3.97. The first-order valence-corrected chi connectivity index (χ1v) is 15.1. The Morgan fingerprint density at radius 2 is 1.78 bits per heavy atom. The van der Waals surface area contributed by atoms with Crippen LogP contribution in [-0.2, 0) is 35.3 Å². The highest BCUT2D eigenvalue weighted by molar-refractivity contribution is 7.90.